The Bertz CT molecular complexity index is 726. The first-order chi connectivity index (χ1) is 9.26. The molecule has 0 aliphatic carbocycles. The molecule has 3 rings (SSSR count). The number of nitrogens with zero attached hydrogens (tertiary/aromatic N) is 2. The van der Waals surface area contributed by atoms with Crippen LogP contribution in [0.25, 0.3) is 5.52 Å². The minimum atomic E-state index is 0.663. The zero-order valence-corrected chi connectivity index (χ0v) is 10.7. The average Bonchev–Trinajstić information content (AvgIpc) is 2.84. The molecule has 0 fully saturated rings. The van der Waals surface area contributed by atoms with Crippen LogP contribution in [-0.4, -0.2) is 15.7 Å². The maximum Gasteiger partial charge on any atom is 0.151 e. The minimum absolute atomic E-state index is 0.663. The molecule has 0 amide bonds. The number of fused-ring (bicyclic) bond motifs is 1. The summed E-state index contributed by atoms with van der Waals surface area (Å²) in [6, 6.07) is 12.1. The van der Waals surface area contributed by atoms with Crippen LogP contribution in [0.4, 0.5) is 0 Å². The molecule has 0 spiro atoms. The number of carbonyl (C=O) groups is 1. The highest BCUT2D eigenvalue weighted by Gasteiger charge is 2.05. The van der Waals surface area contributed by atoms with E-state index >= 15 is 0 Å². The van der Waals surface area contributed by atoms with E-state index in [1.165, 1.54) is 11.1 Å². The lowest BCUT2D eigenvalue weighted by Crippen LogP contribution is -1.97. The second-order valence-electron chi connectivity index (χ2n) is 4.71. The lowest BCUT2D eigenvalue weighted by molar-refractivity contribution is 0.112. The van der Waals surface area contributed by atoms with E-state index < -0.39 is 0 Å². The summed E-state index contributed by atoms with van der Waals surface area (Å²) in [6.45, 7) is 2.07. The van der Waals surface area contributed by atoms with Gasteiger partial charge in [0.25, 0.3) is 0 Å². The van der Waals surface area contributed by atoms with Gasteiger partial charge in [-0.2, -0.15) is 0 Å². The average molecular weight is 250 g/mol. The number of hydrogen-bond acceptors (Lipinski definition) is 2. The molecule has 0 atom stereocenters. The quantitative estimate of drug-likeness (QED) is 0.669. The molecule has 0 bridgehead atoms. The Hall–Kier alpha value is -2.42. The number of aryl methyl sites for hydroxylation is 1. The van der Waals surface area contributed by atoms with Crippen molar-refractivity contribution in [1.82, 2.24) is 9.38 Å². The molecule has 19 heavy (non-hydrogen) atoms. The summed E-state index contributed by atoms with van der Waals surface area (Å²) in [5, 5.41) is 0. The number of imidazole rings is 1. The Labute approximate surface area is 111 Å². The molecular formula is C16H14N2O. The molecule has 1 aromatic carbocycles. The lowest BCUT2D eigenvalue weighted by atomic mass is 10.1. The fourth-order valence-electron chi connectivity index (χ4n) is 2.15. The minimum Gasteiger partial charge on any atom is -0.303 e. The second kappa shape index (κ2) is 4.69. The Morgan fingerprint density at radius 2 is 1.95 bits per heavy atom. The summed E-state index contributed by atoms with van der Waals surface area (Å²) in [7, 11) is 0. The molecule has 0 saturated carbocycles. The van der Waals surface area contributed by atoms with Gasteiger partial charge < -0.3 is 4.40 Å². The standard InChI is InChI=1S/C16H14N2O/c1-12-2-4-13(5-3-12)8-16-17-9-15-7-6-14(11-19)10-18(15)16/h2-7,9-11H,8H2,1H3. The highest BCUT2D eigenvalue weighted by atomic mass is 16.1. The first kappa shape index (κ1) is 11.7. The van der Waals surface area contributed by atoms with Crippen LogP contribution in [0.2, 0.25) is 0 Å². The molecule has 0 saturated heterocycles. The molecule has 3 aromatic rings. The Morgan fingerprint density at radius 1 is 1.16 bits per heavy atom. The number of hydrogen-bond donors (Lipinski definition) is 0. The number of carbonyl (C=O) groups excluding carboxylic acids is 1. The third-order valence-electron chi connectivity index (χ3n) is 3.25. The van der Waals surface area contributed by atoms with Crippen LogP contribution in [0.5, 0.6) is 0 Å². The largest absolute Gasteiger partial charge is 0.303 e. The van der Waals surface area contributed by atoms with Gasteiger partial charge in [-0.3, -0.25) is 4.79 Å². The lowest BCUT2D eigenvalue weighted by Gasteiger charge is -2.03. The predicted octanol–water partition coefficient (Wildman–Crippen LogP) is 3.05. The third kappa shape index (κ3) is 2.27. The van der Waals surface area contributed by atoms with Crippen molar-refractivity contribution in [3.63, 3.8) is 0 Å². The van der Waals surface area contributed by atoms with Crippen molar-refractivity contribution in [2.24, 2.45) is 0 Å². The summed E-state index contributed by atoms with van der Waals surface area (Å²) in [5.41, 5.74) is 4.14. The highest BCUT2D eigenvalue weighted by Crippen LogP contribution is 2.13. The van der Waals surface area contributed by atoms with E-state index in [4.69, 9.17) is 0 Å². The molecule has 0 aliphatic heterocycles. The number of aldehydes is 1. The fraction of sp³-hybridized carbons (Fsp3) is 0.125. The van der Waals surface area contributed by atoms with E-state index in [2.05, 4.69) is 36.2 Å². The summed E-state index contributed by atoms with van der Waals surface area (Å²) < 4.78 is 1.98. The predicted molar refractivity (Wildman–Crippen MR) is 74.6 cm³/mol. The van der Waals surface area contributed by atoms with Gasteiger partial charge in [-0.25, -0.2) is 4.98 Å². The van der Waals surface area contributed by atoms with Crippen LogP contribution < -0.4 is 0 Å². The van der Waals surface area contributed by atoms with Crippen molar-refractivity contribution in [3.8, 4) is 0 Å². The Morgan fingerprint density at radius 3 is 2.68 bits per heavy atom. The summed E-state index contributed by atoms with van der Waals surface area (Å²) in [6.07, 6.45) is 5.28. The summed E-state index contributed by atoms with van der Waals surface area (Å²) >= 11 is 0. The van der Waals surface area contributed by atoms with Crippen LogP contribution >= 0.6 is 0 Å². The molecule has 0 unspecified atom stereocenters. The molecule has 94 valence electrons. The molecule has 2 heterocycles. The first-order valence-electron chi connectivity index (χ1n) is 6.23. The second-order valence-corrected chi connectivity index (χ2v) is 4.71. The van der Waals surface area contributed by atoms with Crippen molar-refractivity contribution in [3.05, 3.63) is 71.3 Å². The van der Waals surface area contributed by atoms with Crippen molar-refractivity contribution in [2.45, 2.75) is 13.3 Å². The number of benzene rings is 1. The van der Waals surface area contributed by atoms with E-state index in [0.717, 1.165) is 24.0 Å². The normalized spacial score (nSPS) is 10.8. The number of pyridine rings is 1. The first-order valence-corrected chi connectivity index (χ1v) is 6.23. The van der Waals surface area contributed by atoms with Gasteiger partial charge in [0.2, 0.25) is 0 Å². The molecule has 2 aromatic heterocycles. The highest BCUT2D eigenvalue weighted by molar-refractivity contribution is 5.75. The molecule has 0 aliphatic rings. The van der Waals surface area contributed by atoms with Crippen LogP contribution in [0.3, 0.4) is 0 Å². The van der Waals surface area contributed by atoms with Gasteiger partial charge in [0.05, 0.1) is 11.7 Å². The maximum absolute atomic E-state index is 10.8. The monoisotopic (exact) mass is 250 g/mol. The molecule has 0 N–H and O–H groups in total. The fourth-order valence-corrected chi connectivity index (χ4v) is 2.15. The zero-order valence-electron chi connectivity index (χ0n) is 10.7. The van der Waals surface area contributed by atoms with Crippen molar-refractivity contribution >= 4 is 11.8 Å². The Balaban J connectivity index is 2.00. The van der Waals surface area contributed by atoms with Crippen molar-refractivity contribution in [1.29, 1.82) is 0 Å². The van der Waals surface area contributed by atoms with Gasteiger partial charge in [0.15, 0.2) is 6.29 Å². The number of rotatable bonds is 3. The van der Waals surface area contributed by atoms with Crippen LogP contribution in [-0.2, 0) is 6.42 Å². The van der Waals surface area contributed by atoms with E-state index in [-0.39, 0.29) is 0 Å². The topological polar surface area (TPSA) is 34.4 Å². The summed E-state index contributed by atoms with van der Waals surface area (Å²) in [5.74, 6) is 0.947. The van der Waals surface area contributed by atoms with Crippen molar-refractivity contribution < 1.29 is 4.79 Å². The zero-order chi connectivity index (χ0) is 13.2. The van der Waals surface area contributed by atoms with Crippen LogP contribution in [0.1, 0.15) is 27.3 Å². The van der Waals surface area contributed by atoms with Gasteiger partial charge in [-0.05, 0) is 24.6 Å². The van der Waals surface area contributed by atoms with Crippen molar-refractivity contribution in [2.75, 3.05) is 0 Å². The number of aromatic nitrogens is 2. The van der Waals surface area contributed by atoms with E-state index in [9.17, 15) is 4.79 Å². The van der Waals surface area contributed by atoms with E-state index in [1.807, 2.05) is 22.9 Å². The maximum atomic E-state index is 10.8. The van der Waals surface area contributed by atoms with Gasteiger partial charge in [-0.15, -0.1) is 0 Å². The summed E-state index contributed by atoms with van der Waals surface area (Å²) in [4.78, 5) is 15.3. The van der Waals surface area contributed by atoms with Gasteiger partial charge in [-0.1, -0.05) is 29.8 Å². The molecule has 0 radical (unpaired) electrons. The Kier molecular flexibility index (Phi) is 2.88. The van der Waals surface area contributed by atoms with Gasteiger partial charge >= 0.3 is 0 Å². The molecular weight excluding hydrogens is 236 g/mol. The van der Waals surface area contributed by atoms with Gasteiger partial charge in [0, 0.05) is 18.2 Å². The molecule has 3 nitrogen and oxygen atoms in total. The van der Waals surface area contributed by atoms with Crippen LogP contribution in [0, 0.1) is 6.92 Å². The van der Waals surface area contributed by atoms with E-state index in [1.54, 1.807) is 6.07 Å². The SMILES string of the molecule is Cc1ccc(Cc2ncc3ccc(C=O)cn23)cc1. The van der Waals surface area contributed by atoms with Crippen LogP contribution in [0.15, 0.2) is 48.8 Å². The van der Waals surface area contributed by atoms with Gasteiger partial charge in [0.1, 0.15) is 5.82 Å². The van der Waals surface area contributed by atoms with E-state index in [0.29, 0.717) is 5.56 Å². The molecule has 3 heteroatoms. The smallest absolute Gasteiger partial charge is 0.151 e. The third-order valence-corrected chi connectivity index (χ3v) is 3.25.